The van der Waals surface area contributed by atoms with Crippen molar-refractivity contribution in [3.8, 4) is 5.75 Å². The monoisotopic (exact) mass is 257 g/mol. The van der Waals surface area contributed by atoms with E-state index >= 15 is 0 Å². The summed E-state index contributed by atoms with van der Waals surface area (Å²) in [6.45, 7) is 4.41. The molecule has 1 aromatic carbocycles. The lowest BCUT2D eigenvalue weighted by atomic mass is 9.89. The van der Waals surface area contributed by atoms with E-state index in [2.05, 4.69) is 43.4 Å². The van der Waals surface area contributed by atoms with E-state index in [1.54, 1.807) is 0 Å². The number of para-hydroxylation sites is 1. The van der Waals surface area contributed by atoms with E-state index in [4.69, 9.17) is 4.74 Å². The average Bonchev–Trinajstić information content (AvgIpc) is 3.03. The van der Waals surface area contributed by atoms with E-state index in [9.17, 15) is 0 Å². The minimum absolute atomic E-state index is 0.133. The molecule has 4 rings (SSSR count). The van der Waals surface area contributed by atoms with Gasteiger partial charge in [0.25, 0.3) is 0 Å². The third kappa shape index (κ3) is 1.80. The minimum Gasteiger partial charge on any atom is -0.486 e. The molecule has 0 amide bonds. The highest BCUT2D eigenvalue weighted by atomic mass is 16.5. The van der Waals surface area contributed by atoms with Crippen LogP contribution in [0.2, 0.25) is 0 Å². The van der Waals surface area contributed by atoms with Crippen LogP contribution in [0.1, 0.15) is 51.1 Å². The van der Waals surface area contributed by atoms with Crippen LogP contribution in [0.25, 0.3) is 0 Å². The molecule has 102 valence electrons. The topological polar surface area (TPSA) is 21.3 Å². The number of benzene rings is 1. The van der Waals surface area contributed by atoms with Crippen molar-refractivity contribution < 1.29 is 4.74 Å². The van der Waals surface area contributed by atoms with Crippen LogP contribution in [0.3, 0.4) is 0 Å². The number of nitrogens with one attached hydrogen (secondary N) is 1. The number of ether oxygens (including phenoxy) is 1. The van der Waals surface area contributed by atoms with Crippen LogP contribution < -0.4 is 10.1 Å². The Hall–Kier alpha value is -1.02. The summed E-state index contributed by atoms with van der Waals surface area (Å²) in [6.07, 6.45) is 5.72. The fraction of sp³-hybridized carbons (Fsp3) is 0.647. The Bertz CT molecular complexity index is 496. The quantitative estimate of drug-likeness (QED) is 0.872. The van der Waals surface area contributed by atoms with Gasteiger partial charge >= 0.3 is 0 Å². The summed E-state index contributed by atoms with van der Waals surface area (Å²) in [6, 6.07) is 9.55. The van der Waals surface area contributed by atoms with Crippen molar-refractivity contribution in [1.29, 1.82) is 0 Å². The van der Waals surface area contributed by atoms with E-state index < -0.39 is 0 Å². The molecule has 2 bridgehead atoms. The van der Waals surface area contributed by atoms with Gasteiger partial charge in [-0.15, -0.1) is 0 Å². The van der Waals surface area contributed by atoms with Crippen molar-refractivity contribution in [1.82, 2.24) is 5.32 Å². The maximum Gasteiger partial charge on any atom is 0.125 e. The number of rotatable bonds is 2. The lowest BCUT2D eigenvalue weighted by Gasteiger charge is -2.33. The lowest BCUT2D eigenvalue weighted by Crippen LogP contribution is -2.45. The molecule has 3 aliphatic rings. The molecule has 0 aromatic heterocycles. The van der Waals surface area contributed by atoms with Gasteiger partial charge in [0, 0.05) is 11.6 Å². The summed E-state index contributed by atoms with van der Waals surface area (Å²) < 4.78 is 6.13. The van der Waals surface area contributed by atoms with Gasteiger partial charge in [0.05, 0.1) is 6.04 Å². The predicted molar refractivity (Wildman–Crippen MR) is 76.3 cm³/mol. The normalized spacial score (nSPS) is 38.2. The summed E-state index contributed by atoms with van der Waals surface area (Å²) in [4.78, 5) is 0. The molecule has 0 spiro atoms. The second kappa shape index (κ2) is 3.99. The number of fused-ring (bicyclic) bond motifs is 3. The van der Waals surface area contributed by atoms with Crippen LogP contribution in [0.5, 0.6) is 5.75 Å². The van der Waals surface area contributed by atoms with Gasteiger partial charge in [0.1, 0.15) is 11.4 Å². The first-order valence-corrected chi connectivity index (χ1v) is 7.67. The molecule has 19 heavy (non-hydrogen) atoms. The summed E-state index contributed by atoms with van der Waals surface area (Å²) in [5, 5.41) is 3.93. The Morgan fingerprint density at radius 1 is 1.16 bits per heavy atom. The molecule has 2 fully saturated rings. The van der Waals surface area contributed by atoms with Gasteiger partial charge in [0.15, 0.2) is 0 Å². The largest absolute Gasteiger partial charge is 0.486 e. The van der Waals surface area contributed by atoms with Crippen molar-refractivity contribution in [2.45, 2.75) is 57.2 Å². The summed E-state index contributed by atoms with van der Waals surface area (Å²) in [5.74, 6) is 2.96. The maximum absolute atomic E-state index is 6.13. The second-order valence-electron chi connectivity index (χ2n) is 7.12. The Morgan fingerprint density at radius 2 is 2.00 bits per heavy atom. The predicted octanol–water partition coefficient (Wildman–Crippen LogP) is 3.68. The molecule has 2 heteroatoms. The molecule has 2 nitrogen and oxygen atoms in total. The smallest absolute Gasteiger partial charge is 0.125 e. The zero-order valence-electron chi connectivity index (χ0n) is 11.9. The molecule has 2 aliphatic carbocycles. The minimum atomic E-state index is -0.133. The highest BCUT2D eigenvalue weighted by molar-refractivity contribution is 5.42. The maximum atomic E-state index is 6.13. The Kier molecular flexibility index (Phi) is 2.47. The molecule has 0 saturated heterocycles. The fourth-order valence-electron chi connectivity index (χ4n) is 4.48. The van der Waals surface area contributed by atoms with Crippen LogP contribution in [0.4, 0.5) is 0 Å². The number of hydrogen-bond acceptors (Lipinski definition) is 2. The van der Waals surface area contributed by atoms with Crippen LogP contribution in [0.15, 0.2) is 24.3 Å². The van der Waals surface area contributed by atoms with Gasteiger partial charge in [-0.05, 0) is 51.0 Å². The van der Waals surface area contributed by atoms with Gasteiger partial charge < -0.3 is 10.1 Å². The van der Waals surface area contributed by atoms with E-state index in [1.807, 2.05) is 0 Å². The van der Waals surface area contributed by atoms with Crippen LogP contribution in [0, 0.1) is 11.8 Å². The lowest BCUT2D eigenvalue weighted by molar-refractivity contribution is 0.0862. The molecule has 0 radical (unpaired) electrons. The van der Waals surface area contributed by atoms with E-state index in [1.165, 1.54) is 31.2 Å². The van der Waals surface area contributed by atoms with Gasteiger partial charge in [-0.2, -0.15) is 0 Å². The Morgan fingerprint density at radius 3 is 2.74 bits per heavy atom. The molecule has 4 atom stereocenters. The van der Waals surface area contributed by atoms with Gasteiger partial charge in [-0.25, -0.2) is 0 Å². The van der Waals surface area contributed by atoms with Crippen LogP contribution in [-0.4, -0.2) is 11.6 Å². The van der Waals surface area contributed by atoms with Gasteiger partial charge in [-0.3, -0.25) is 0 Å². The summed E-state index contributed by atoms with van der Waals surface area (Å²) in [5.41, 5.74) is 1.21. The van der Waals surface area contributed by atoms with Crippen molar-refractivity contribution in [3.63, 3.8) is 0 Å². The molecule has 1 heterocycles. The third-order valence-corrected chi connectivity index (χ3v) is 5.42. The number of hydrogen-bond donors (Lipinski definition) is 1. The van der Waals surface area contributed by atoms with Gasteiger partial charge in [0.2, 0.25) is 0 Å². The molecule has 4 unspecified atom stereocenters. The van der Waals surface area contributed by atoms with Gasteiger partial charge in [-0.1, -0.05) is 24.6 Å². The first-order chi connectivity index (χ1) is 9.13. The Labute approximate surface area is 115 Å². The van der Waals surface area contributed by atoms with Crippen molar-refractivity contribution >= 4 is 0 Å². The van der Waals surface area contributed by atoms with Crippen molar-refractivity contribution in [2.24, 2.45) is 11.8 Å². The SMILES string of the molecule is CC1(C)Oc2ccccc2C1NC1CC2CCC1C2. The molecule has 1 aromatic rings. The zero-order valence-corrected chi connectivity index (χ0v) is 11.9. The standard InChI is InChI=1S/C17H23NO/c1-17(2)16(13-5-3-4-6-15(13)19-17)18-14-10-11-7-8-12(14)9-11/h3-6,11-12,14,16,18H,7-10H2,1-2H3. The summed E-state index contributed by atoms with van der Waals surface area (Å²) in [7, 11) is 0. The molecule has 2 saturated carbocycles. The van der Waals surface area contributed by atoms with Crippen molar-refractivity contribution in [3.05, 3.63) is 29.8 Å². The zero-order chi connectivity index (χ0) is 13.0. The first kappa shape index (κ1) is 11.8. The molecule has 1 N–H and O–H groups in total. The molecular weight excluding hydrogens is 234 g/mol. The third-order valence-electron chi connectivity index (χ3n) is 5.42. The fourth-order valence-corrected chi connectivity index (χ4v) is 4.48. The van der Waals surface area contributed by atoms with E-state index in [0.29, 0.717) is 12.1 Å². The van der Waals surface area contributed by atoms with Crippen LogP contribution >= 0.6 is 0 Å². The second-order valence-corrected chi connectivity index (χ2v) is 7.12. The van der Waals surface area contributed by atoms with E-state index in [0.717, 1.165) is 17.6 Å². The average molecular weight is 257 g/mol. The molecule has 1 aliphatic heterocycles. The first-order valence-electron chi connectivity index (χ1n) is 7.67. The highest BCUT2D eigenvalue weighted by Gasteiger charge is 2.46. The molecular formula is C17H23NO. The van der Waals surface area contributed by atoms with Crippen molar-refractivity contribution in [2.75, 3.05) is 0 Å². The Balaban J connectivity index is 1.60. The highest BCUT2D eigenvalue weighted by Crippen LogP contribution is 2.48. The van der Waals surface area contributed by atoms with Crippen LogP contribution in [-0.2, 0) is 0 Å². The summed E-state index contributed by atoms with van der Waals surface area (Å²) >= 11 is 0. The van der Waals surface area contributed by atoms with E-state index in [-0.39, 0.29) is 5.60 Å².